The Kier molecular flexibility index (Phi) is 5.31. The van der Waals surface area contributed by atoms with E-state index >= 15 is 0 Å². The van der Waals surface area contributed by atoms with Crippen LogP contribution >= 0.6 is 11.3 Å². The first-order chi connectivity index (χ1) is 9.67. The van der Waals surface area contributed by atoms with Gasteiger partial charge in [-0.3, -0.25) is 0 Å². The molecule has 0 aliphatic heterocycles. The molecule has 0 saturated heterocycles. The second-order valence-electron chi connectivity index (χ2n) is 4.51. The van der Waals surface area contributed by atoms with E-state index in [1.165, 1.54) is 11.3 Å². The number of nitrogens with one attached hydrogen (secondary N) is 1. The fraction of sp³-hybridized carbons (Fsp3) is 0.429. The smallest absolute Gasteiger partial charge is 0.299 e. The normalized spacial score (nSPS) is 10.8. The van der Waals surface area contributed by atoms with Crippen LogP contribution in [-0.4, -0.2) is 22.8 Å². The van der Waals surface area contributed by atoms with Gasteiger partial charge in [0.05, 0.1) is 13.2 Å². The minimum absolute atomic E-state index is 0.422. The van der Waals surface area contributed by atoms with Crippen LogP contribution in [0.5, 0.6) is 16.7 Å². The van der Waals surface area contributed by atoms with Gasteiger partial charge in [0.2, 0.25) is 0 Å². The highest BCUT2D eigenvalue weighted by Gasteiger charge is 2.07. The number of rotatable bonds is 7. The Morgan fingerprint density at radius 2 is 2.05 bits per heavy atom. The lowest BCUT2D eigenvalue weighted by Crippen LogP contribution is -2.21. The van der Waals surface area contributed by atoms with E-state index in [9.17, 15) is 0 Å². The summed E-state index contributed by atoms with van der Waals surface area (Å²) in [6.07, 6.45) is 0. The molecular formula is C14H19N3O2S. The molecular weight excluding hydrogens is 274 g/mol. The van der Waals surface area contributed by atoms with Crippen molar-refractivity contribution >= 4 is 11.3 Å². The molecule has 1 heterocycles. The van der Waals surface area contributed by atoms with E-state index in [1.807, 2.05) is 31.2 Å². The van der Waals surface area contributed by atoms with Gasteiger partial charge in [-0.05, 0) is 19.1 Å². The average molecular weight is 293 g/mol. The Bertz CT molecular complexity index is 543. The topological polar surface area (TPSA) is 56.3 Å². The molecule has 0 radical (unpaired) electrons. The summed E-state index contributed by atoms with van der Waals surface area (Å²) in [5.41, 5.74) is 0. The second kappa shape index (κ2) is 7.21. The number of ether oxygens (including phenoxy) is 2. The summed E-state index contributed by atoms with van der Waals surface area (Å²) < 4.78 is 11.1. The minimum Gasteiger partial charge on any atom is -0.494 e. The third-order valence-electron chi connectivity index (χ3n) is 2.43. The largest absolute Gasteiger partial charge is 0.494 e. The van der Waals surface area contributed by atoms with Gasteiger partial charge < -0.3 is 14.8 Å². The summed E-state index contributed by atoms with van der Waals surface area (Å²) in [4.78, 5) is 0. The maximum atomic E-state index is 5.69. The molecule has 0 aliphatic rings. The van der Waals surface area contributed by atoms with Crippen molar-refractivity contribution in [2.75, 3.05) is 6.61 Å². The predicted molar refractivity (Wildman–Crippen MR) is 79.6 cm³/mol. The number of hydrogen-bond acceptors (Lipinski definition) is 6. The highest BCUT2D eigenvalue weighted by molar-refractivity contribution is 7.13. The van der Waals surface area contributed by atoms with Gasteiger partial charge in [0.25, 0.3) is 5.19 Å². The van der Waals surface area contributed by atoms with Gasteiger partial charge in [0.1, 0.15) is 16.5 Å². The number of hydrogen-bond donors (Lipinski definition) is 1. The molecule has 0 amide bonds. The third kappa shape index (κ3) is 4.47. The van der Waals surface area contributed by atoms with Crippen LogP contribution in [0.3, 0.4) is 0 Å². The fourth-order valence-corrected chi connectivity index (χ4v) is 2.20. The van der Waals surface area contributed by atoms with Gasteiger partial charge in [-0.1, -0.05) is 36.3 Å². The van der Waals surface area contributed by atoms with E-state index in [0.717, 1.165) is 10.8 Å². The van der Waals surface area contributed by atoms with Crippen molar-refractivity contribution in [3.05, 3.63) is 29.3 Å². The van der Waals surface area contributed by atoms with Gasteiger partial charge >= 0.3 is 0 Å². The molecule has 0 spiro atoms. The van der Waals surface area contributed by atoms with Crippen molar-refractivity contribution in [2.45, 2.75) is 33.4 Å². The van der Waals surface area contributed by atoms with Crippen LogP contribution in [0.2, 0.25) is 0 Å². The van der Waals surface area contributed by atoms with Gasteiger partial charge in [-0.25, -0.2) is 0 Å². The van der Waals surface area contributed by atoms with Crippen LogP contribution in [0.1, 0.15) is 25.8 Å². The summed E-state index contributed by atoms with van der Waals surface area (Å²) in [6, 6.07) is 7.93. The lowest BCUT2D eigenvalue weighted by molar-refractivity contribution is 0.338. The Labute approximate surface area is 123 Å². The van der Waals surface area contributed by atoms with E-state index in [1.54, 1.807) is 0 Å². The quantitative estimate of drug-likeness (QED) is 0.849. The molecule has 5 nitrogen and oxygen atoms in total. The Hall–Kier alpha value is -1.66. The van der Waals surface area contributed by atoms with Crippen LogP contribution in [0, 0.1) is 0 Å². The number of nitrogens with zero attached hydrogens (tertiary/aromatic N) is 2. The van der Waals surface area contributed by atoms with E-state index in [-0.39, 0.29) is 0 Å². The molecule has 6 heteroatoms. The molecule has 0 unspecified atom stereocenters. The number of benzene rings is 1. The van der Waals surface area contributed by atoms with Crippen molar-refractivity contribution in [3.63, 3.8) is 0 Å². The van der Waals surface area contributed by atoms with Gasteiger partial charge in [0.15, 0.2) is 0 Å². The molecule has 2 aromatic rings. The lowest BCUT2D eigenvalue weighted by Gasteiger charge is -2.05. The Morgan fingerprint density at radius 3 is 2.80 bits per heavy atom. The summed E-state index contributed by atoms with van der Waals surface area (Å²) in [5.74, 6) is 1.49. The highest BCUT2D eigenvalue weighted by atomic mass is 32.1. The van der Waals surface area contributed by atoms with Crippen LogP contribution in [-0.2, 0) is 6.54 Å². The van der Waals surface area contributed by atoms with Crippen LogP contribution in [0.25, 0.3) is 0 Å². The standard InChI is InChI=1S/C14H19N3O2S/c1-4-18-11-6-5-7-12(8-11)19-14-17-16-13(20-14)9-15-10(2)3/h5-8,10,15H,4,9H2,1-3H3. The molecule has 0 saturated carbocycles. The molecule has 0 fully saturated rings. The van der Waals surface area contributed by atoms with Crippen molar-refractivity contribution in [2.24, 2.45) is 0 Å². The zero-order valence-electron chi connectivity index (χ0n) is 11.9. The van der Waals surface area contributed by atoms with E-state index in [0.29, 0.717) is 30.1 Å². The Balaban J connectivity index is 1.97. The van der Waals surface area contributed by atoms with Crippen molar-refractivity contribution in [1.29, 1.82) is 0 Å². The monoisotopic (exact) mass is 293 g/mol. The molecule has 2 rings (SSSR count). The van der Waals surface area contributed by atoms with Crippen LogP contribution < -0.4 is 14.8 Å². The van der Waals surface area contributed by atoms with Crippen molar-refractivity contribution < 1.29 is 9.47 Å². The van der Waals surface area contributed by atoms with Crippen LogP contribution in [0.15, 0.2) is 24.3 Å². The summed E-state index contributed by atoms with van der Waals surface area (Å²) in [5, 5.41) is 12.9. The zero-order valence-corrected chi connectivity index (χ0v) is 12.7. The molecule has 1 aromatic carbocycles. The summed E-state index contributed by atoms with van der Waals surface area (Å²) >= 11 is 1.44. The first-order valence-electron chi connectivity index (χ1n) is 6.64. The molecule has 108 valence electrons. The molecule has 0 aliphatic carbocycles. The van der Waals surface area contributed by atoms with Gasteiger partial charge in [-0.15, -0.1) is 5.10 Å². The second-order valence-corrected chi connectivity index (χ2v) is 5.53. The summed E-state index contributed by atoms with van der Waals surface area (Å²) in [7, 11) is 0. The van der Waals surface area contributed by atoms with Gasteiger partial charge in [0, 0.05) is 12.1 Å². The first-order valence-corrected chi connectivity index (χ1v) is 7.45. The zero-order chi connectivity index (χ0) is 14.4. The van der Waals surface area contributed by atoms with E-state index in [4.69, 9.17) is 9.47 Å². The van der Waals surface area contributed by atoms with Crippen LogP contribution in [0.4, 0.5) is 0 Å². The first kappa shape index (κ1) is 14.7. The minimum atomic E-state index is 0.422. The van der Waals surface area contributed by atoms with Gasteiger partial charge in [-0.2, -0.15) is 0 Å². The molecule has 1 N–H and O–H groups in total. The maximum absolute atomic E-state index is 5.69. The predicted octanol–water partition coefficient (Wildman–Crippen LogP) is 3.23. The average Bonchev–Trinajstić information content (AvgIpc) is 2.85. The third-order valence-corrected chi connectivity index (χ3v) is 3.23. The maximum Gasteiger partial charge on any atom is 0.299 e. The molecule has 0 atom stereocenters. The van der Waals surface area contributed by atoms with Crippen molar-refractivity contribution in [1.82, 2.24) is 15.5 Å². The van der Waals surface area contributed by atoms with E-state index < -0.39 is 0 Å². The van der Waals surface area contributed by atoms with Crippen molar-refractivity contribution in [3.8, 4) is 16.7 Å². The van der Waals surface area contributed by atoms with E-state index in [2.05, 4.69) is 29.4 Å². The lowest BCUT2D eigenvalue weighted by atomic mass is 10.3. The Morgan fingerprint density at radius 1 is 1.25 bits per heavy atom. The highest BCUT2D eigenvalue weighted by Crippen LogP contribution is 2.27. The molecule has 0 bridgehead atoms. The SMILES string of the molecule is CCOc1cccc(Oc2nnc(CNC(C)C)s2)c1. The molecule has 1 aromatic heterocycles. The summed E-state index contributed by atoms with van der Waals surface area (Å²) in [6.45, 7) is 7.48. The number of aromatic nitrogens is 2. The molecule has 20 heavy (non-hydrogen) atoms. The fourth-order valence-electron chi connectivity index (χ4n) is 1.54.